The predicted octanol–water partition coefficient (Wildman–Crippen LogP) is 2.49. The summed E-state index contributed by atoms with van der Waals surface area (Å²) >= 11 is 1.40. The quantitative estimate of drug-likeness (QED) is 0.814. The van der Waals surface area contributed by atoms with E-state index in [-0.39, 0.29) is 5.91 Å². The van der Waals surface area contributed by atoms with E-state index < -0.39 is 0 Å². The maximum absolute atomic E-state index is 11.4. The Morgan fingerprint density at radius 1 is 1.53 bits per heavy atom. The minimum Gasteiger partial charge on any atom is -0.355 e. The van der Waals surface area contributed by atoms with E-state index in [2.05, 4.69) is 11.4 Å². The first-order chi connectivity index (χ1) is 8.17. The molecule has 1 amide bonds. The summed E-state index contributed by atoms with van der Waals surface area (Å²) in [6, 6.07) is 7.84. The highest BCUT2D eigenvalue weighted by atomic mass is 32.2. The first-order valence-electron chi connectivity index (χ1n) is 5.57. The number of rotatable bonds is 5. The van der Waals surface area contributed by atoms with Crippen molar-refractivity contribution in [2.24, 2.45) is 0 Å². The average molecular weight is 248 g/mol. The zero-order valence-corrected chi connectivity index (χ0v) is 10.9. The van der Waals surface area contributed by atoms with E-state index in [0.29, 0.717) is 17.9 Å². The summed E-state index contributed by atoms with van der Waals surface area (Å²) in [5.74, 6) is 0.374. The summed E-state index contributed by atoms with van der Waals surface area (Å²) < 4.78 is 0. The molecule has 0 unspecified atom stereocenters. The van der Waals surface area contributed by atoms with Gasteiger partial charge < -0.3 is 5.32 Å². The summed E-state index contributed by atoms with van der Waals surface area (Å²) in [6.45, 7) is 4.67. The summed E-state index contributed by atoms with van der Waals surface area (Å²) in [5, 5.41) is 11.8. The molecule has 0 atom stereocenters. The number of nitrogens with zero attached hydrogens (tertiary/aromatic N) is 1. The lowest BCUT2D eigenvalue weighted by molar-refractivity contribution is -0.118. The average Bonchev–Trinajstić information content (AvgIpc) is 2.34. The Balaban J connectivity index is 2.58. The minimum atomic E-state index is 0.0151. The Kier molecular flexibility index (Phi) is 5.58. The number of hydrogen-bond acceptors (Lipinski definition) is 3. The molecule has 4 heteroatoms. The van der Waals surface area contributed by atoms with Crippen molar-refractivity contribution < 1.29 is 4.79 Å². The van der Waals surface area contributed by atoms with E-state index in [1.54, 1.807) is 0 Å². The van der Waals surface area contributed by atoms with Gasteiger partial charge in [-0.1, -0.05) is 13.0 Å². The van der Waals surface area contributed by atoms with Crippen molar-refractivity contribution in [3.8, 4) is 6.07 Å². The van der Waals surface area contributed by atoms with Crippen molar-refractivity contribution >= 4 is 17.7 Å². The molecule has 17 heavy (non-hydrogen) atoms. The molecule has 1 aromatic rings. The zero-order chi connectivity index (χ0) is 12.7. The molecule has 1 aromatic carbocycles. The monoisotopic (exact) mass is 248 g/mol. The fourth-order valence-corrected chi connectivity index (χ4v) is 2.13. The van der Waals surface area contributed by atoms with Crippen molar-refractivity contribution in [1.82, 2.24) is 5.32 Å². The van der Waals surface area contributed by atoms with Crippen molar-refractivity contribution in [2.45, 2.75) is 25.2 Å². The van der Waals surface area contributed by atoms with Crippen LogP contribution < -0.4 is 5.32 Å². The third-order valence-corrected chi connectivity index (χ3v) is 3.26. The standard InChI is InChI=1S/C13H16N2OS/c1-3-6-15-13(16)9-17-12-5-4-10(2)7-11(12)8-14/h4-5,7H,3,6,9H2,1-2H3,(H,15,16). The highest BCUT2D eigenvalue weighted by Gasteiger charge is 2.06. The number of amides is 1. The Morgan fingerprint density at radius 3 is 2.94 bits per heavy atom. The van der Waals surface area contributed by atoms with Crippen LogP contribution >= 0.6 is 11.8 Å². The molecule has 0 spiro atoms. The molecule has 0 aliphatic carbocycles. The molecule has 0 aromatic heterocycles. The molecule has 1 rings (SSSR count). The lowest BCUT2D eigenvalue weighted by atomic mass is 10.2. The third kappa shape index (κ3) is 4.49. The first kappa shape index (κ1) is 13.6. The number of thioether (sulfide) groups is 1. The highest BCUT2D eigenvalue weighted by Crippen LogP contribution is 2.22. The fourth-order valence-electron chi connectivity index (χ4n) is 1.32. The number of benzene rings is 1. The predicted molar refractivity (Wildman–Crippen MR) is 69.9 cm³/mol. The molecule has 0 saturated carbocycles. The van der Waals surface area contributed by atoms with Gasteiger partial charge >= 0.3 is 0 Å². The molecular formula is C13H16N2OS. The van der Waals surface area contributed by atoms with E-state index >= 15 is 0 Å². The van der Waals surface area contributed by atoms with E-state index in [9.17, 15) is 4.79 Å². The SMILES string of the molecule is CCCNC(=O)CSc1ccc(C)cc1C#N. The van der Waals surface area contributed by atoms with Crippen LogP contribution in [0.25, 0.3) is 0 Å². The molecule has 90 valence electrons. The van der Waals surface area contributed by atoms with Crippen LogP contribution in [0.2, 0.25) is 0 Å². The van der Waals surface area contributed by atoms with Gasteiger partial charge in [0.1, 0.15) is 6.07 Å². The molecule has 0 aliphatic rings. The second-order valence-electron chi connectivity index (χ2n) is 3.75. The van der Waals surface area contributed by atoms with Crippen LogP contribution in [0, 0.1) is 18.3 Å². The van der Waals surface area contributed by atoms with Crippen LogP contribution in [0.3, 0.4) is 0 Å². The molecule has 3 nitrogen and oxygen atoms in total. The van der Waals surface area contributed by atoms with E-state index in [1.165, 1.54) is 11.8 Å². The largest absolute Gasteiger partial charge is 0.355 e. The van der Waals surface area contributed by atoms with Crippen LogP contribution in [-0.2, 0) is 4.79 Å². The van der Waals surface area contributed by atoms with Gasteiger partial charge in [0.2, 0.25) is 5.91 Å². The number of hydrogen-bond donors (Lipinski definition) is 1. The summed E-state index contributed by atoms with van der Waals surface area (Å²) in [6.07, 6.45) is 0.935. The summed E-state index contributed by atoms with van der Waals surface area (Å²) in [7, 11) is 0. The van der Waals surface area contributed by atoms with Gasteiger partial charge in [0.15, 0.2) is 0 Å². The fraction of sp³-hybridized carbons (Fsp3) is 0.385. The Hall–Kier alpha value is -1.47. The van der Waals surface area contributed by atoms with Gasteiger partial charge in [-0.15, -0.1) is 11.8 Å². The maximum atomic E-state index is 11.4. The molecule has 0 bridgehead atoms. The molecule has 0 aliphatic heterocycles. The summed E-state index contributed by atoms with van der Waals surface area (Å²) in [4.78, 5) is 12.3. The normalized spacial score (nSPS) is 9.71. The number of nitrogens with one attached hydrogen (secondary N) is 1. The Bertz CT molecular complexity index is 438. The van der Waals surface area contributed by atoms with Crippen LogP contribution in [0.1, 0.15) is 24.5 Å². The van der Waals surface area contributed by atoms with Crippen molar-refractivity contribution in [2.75, 3.05) is 12.3 Å². The van der Waals surface area contributed by atoms with Crippen molar-refractivity contribution in [1.29, 1.82) is 5.26 Å². The first-order valence-corrected chi connectivity index (χ1v) is 6.56. The van der Waals surface area contributed by atoms with Gasteiger partial charge in [-0.25, -0.2) is 0 Å². The van der Waals surface area contributed by atoms with E-state index in [4.69, 9.17) is 5.26 Å². The van der Waals surface area contributed by atoms with Crippen molar-refractivity contribution in [3.63, 3.8) is 0 Å². The van der Waals surface area contributed by atoms with Gasteiger partial charge in [-0.3, -0.25) is 4.79 Å². The second-order valence-corrected chi connectivity index (χ2v) is 4.77. The number of carbonyl (C=O) groups is 1. The lowest BCUT2D eigenvalue weighted by Crippen LogP contribution is -2.25. The number of nitriles is 1. The van der Waals surface area contributed by atoms with E-state index in [0.717, 1.165) is 16.9 Å². The molecule has 0 fully saturated rings. The molecule has 0 radical (unpaired) electrons. The summed E-state index contributed by atoms with van der Waals surface area (Å²) in [5.41, 5.74) is 1.69. The van der Waals surface area contributed by atoms with Gasteiger partial charge in [-0.2, -0.15) is 5.26 Å². The maximum Gasteiger partial charge on any atom is 0.230 e. The van der Waals surface area contributed by atoms with Crippen LogP contribution in [-0.4, -0.2) is 18.2 Å². The highest BCUT2D eigenvalue weighted by molar-refractivity contribution is 8.00. The molecule has 0 heterocycles. The molecular weight excluding hydrogens is 232 g/mol. The van der Waals surface area contributed by atoms with Gasteiger partial charge in [-0.05, 0) is 31.0 Å². The Morgan fingerprint density at radius 2 is 2.29 bits per heavy atom. The third-order valence-electron chi connectivity index (χ3n) is 2.19. The smallest absolute Gasteiger partial charge is 0.230 e. The topological polar surface area (TPSA) is 52.9 Å². The lowest BCUT2D eigenvalue weighted by Gasteiger charge is -2.05. The van der Waals surface area contributed by atoms with Crippen LogP contribution in [0.15, 0.2) is 23.1 Å². The zero-order valence-electron chi connectivity index (χ0n) is 10.1. The number of aryl methyl sites for hydroxylation is 1. The van der Waals surface area contributed by atoms with Gasteiger partial charge in [0.25, 0.3) is 0 Å². The minimum absolute atomic E-state index is 0.0151. The van der Waals surface area contributed by atoms with E-state index in [1.807, 2.05) is 32.0 Å². The van der Waals surface area contributed by atoms with Crippen molar-refractivity contribution in [3.05, 3.63) is 29.3 Å². The second kappa shape index (κ2) is 6.97. The molecule has 1 N–H and O–H groups in total. The Labute approximate surface area is 106 Å². The van der Waals surface area contributed by atoms with Crippen LogP contribution in [0.5, 0.6) is 0 Å². The van der Waals surface area contributed by atoms with Gasteiger partial charge in [0, 0.05) is 11.4 Å². The van der Waals surface area contributed by atoms with Gasteiger partial charge in [0.05, 0.1) is 11.3 Å². The van der Waals surface area contributed by atoms with Crippen LogP contribution in [0.4, 0.5) is 0 Å². The molecule has 0 saturated heterocycles. The number of carbonyl (C=O) groups excluding carboxylic acids is 1.